The molecule has 0 atom stereocenters. The van der Waals surface area contributed by atoms with Crippen LogP contribution in [0.5, 0.6) is 0 Å². The molecule has 12 rings (SSSR count). The van der Waals surface area contributed by atoms with Gasteiger partial charge in [-0.15, -0.1) is 0 Å². The molecule has 0 saturated carbocycles. The van der Waals surface area contributed by atoms with E-state index in [4.69, 9.17) is 0 Å². The number of hydrogen-bond acceptors (Lipinski definition) is 4. The zero-order valence-corrected chi connectivity index (χ0v) is 34.3. The van der Waals surface area contributed by atoms with Crippen LogP contribution in [0.25, 0.3) is 82.5 Å². The fourth-order valence-corrected chi connectivity index (χ4v) is 9.73. The third kappa shape index (κ3) is 5.72. The number of carbonyl (C=O) groups excluding carboxylic acids is 3. The second kappa shape index (κ2) is 14.7. The van der Waals surface area contributed by atoms with E-state index < -0.39 is 0 Å². The number of benzene rings is 9. The van der Waals surface area contributed by atoms with E-state index in [1.54, 1.807) is 0 Å². The lowest BCUT2D eigenvalue weighted by Gasteiger charge is -2.26. The Hall–Kier alpha value is -8.81. The van der Waals surface area contributed by atoms with E-state index in [2.05, 4.69) is 128 Å². The van der Waals surface area contributed by atoms with E-state index in [9.17, 15) is 14.4 Å². The maximum Gasteiger partial charge on any atom is 0.150 e. The Morgan fingerprint density at radius 1 is 0.281 bits per heavy atom. The Kier molecular flexibility index (Phi) is 8.49. The molecule has 0 aliphatic rings. The minimum atomic E-state index is 0.647. The molecule has 0 N–H and O–H groups in total. The van der Waals surface area contributed by atoms with Crippen molar-refractivity contribution >= 4 is 101 Å². The average Bonchev–Trinajstić information content (AvgIpc) is 3.99. The van der Waals surface area contributed by atoms with Crippen LogP contribution in [0.15, 0.2) is 200 Å². The monoisotopic (exact) mass is 824 g/mol. The Labute approximate surface area is 366 Å². The van der Waals surface area contributed by atoms with Gasteiger partial charge in [0.05, 0.1) is 33.1 Å². The molecule has 0 aliphatic heterocycles. The summed E-state index contributed by atoms with van der Waals surface area (Å²) in [6.45, 7) is 0. The number of aldehydes is 3. The topological polar surface area (TPSA) is 69.2 Å². The van der Waals surface area contributed by atoms with Crippen LogP contribution in [0, 0.1) is 0 Å². The molecule has 7 heteroatoms. The number of nitrogens with zero attached hydrogens (tertiary/aromatic N) is 4. The van der Waals surface area contributed by atoms with E-state index in [0.717, 1.165) is 118 Å². The molecule has 12 aromatic rings. The Balaban J connectivity index is 0.995. The van der Waals surface area contributed by atoms with Crippen LogP contribution in [0.1, 0.15) is 31.1 Å². The summed E-state index contributed by atoms with van der Waals surface area (Å²) in [6, 6.07) is 68.4. The van der Waals surface area contributed by atoms with E-state index in [0.29, 0.717) is 16.7 Å². The van der Waals surface area contributed by atoms with Gasteiger partial charge in [0.25, 0.3) is 0 Å². The molecule has 0 fully saturated rings. The second-order valence-electron chi connectivity index (χ2n) is 16.1. The lowest BCUT2D eigenvalue weighted by atomic mass is 10.1. The van der Waals surface area contributed by atoms with Gasteiger partial charge in [-0.2, -0.15) is 0 Å². The molecule has 7 nitrogen and oxygen atoms in total. The van der Waals surface area contributed by atoms with Crippen LogP contribution < -0.4 is 4.90 Å². The van der Waals surface area contributed by atoms with E-state index in [1.165, 1.54) is 0 Å². The standard InChI is InChI=1S/C57H36N4O3/c62-34-37-13-28-55-49(31-37)46-7-1-4-10-52(46)59(55)43-22-16-40(17-23-43)58(41-18-24-44(25-19-41)60-53-11-5-2-8-47(53)50-32-38(35-63)14-29-56(50)60)42-20-26-45(27-21-42)61-54-12-6-3-9-48(54)51-33-39(36-64)15-30-57(51)61/h1-36H. The summed E-state index contributed by atoms with van der Waals surface area (Å²) in [5.41, 5.74) is 14.2. The molecule has 9 aromatic carbocycles. The van der Waals surface area contributed by atoms with Crippen LogP contribution in [0.4, 0.5) is 17.1 Å². The largest absolute Gasteiger partial charge is 0.310 e. The van der Waals surface area contributed by atoms with E-state index >= 15 is 0 Å². The van der Waals surface area contributed by atoms with Crippen LogP contribution in [-0.2, 0) is 0 Å². The molecule has 0 bridgehead atoms. The van der Waals surface area contributed by atoms with Crippen LogP contribution >= 0.6 is 0 Å². The number of anilines is 3. The Morgan fingerprint density at radius 3 is 0.828 bits per heavy atom. The zero-order chi connectivity index (χ0) is 42.9. The van der Waals surface area contributed by atoms with Gasteiger partial charge in [0, 0.05) is 83.1 Å². The predicted molar refractivity (Wildman–Crippen MR) is 260 cm³/mol. The molecule has 0 spiro atoms. The molecule has 0 aliphatic carbocycles. The number of carbonyl (C=O) groups is 3. The minimum absolute atomic E-state index is 0.647. The highest BCUT2D eigenvalue weighted by Gasteiger charge is 2.19. The lowest BCUT2D eigenvalue weighted by Crippen LogP contribution is -2.10. The van der Waals surface area contributed by atoms with Gasteiger partial charge >= 0.3 is 0 Å². The molecule has 64 heavy (non-hydrogen) atoms. The number of hydrogen-bond donors (Lipinski definition) is 0. The van der Waals surface area contributed by atoms with Gasteiger partial charge in [0.1, 0.15) is 18.9 Å². The molecule has 0 amide bonds. The van der Waals surface area contributed by atoms with Crippen molar-refractivity contribution in [2.24, 2.45) is 0 Å². The summed E-state index contributed by atoms with van der Waals surface area (Å²) in [5, 5.41) is 6.37. The molecular formula is C57H36N4O3. The fraction of sp³-hybridized carbons (Fsp3) is 0. The smallest absolute Gasteiger partial charge is 0.150 e. The summed E-state index contributed by atoms with van der Waals surface area (Å²) in [6.07, 6.45) is 2.69. The number of aromatic nitrogens is 3. The molecular weight excluding hydrogens is 789 g/mol. The number of para-hydroxylation sites is 3. The first-order chi connectivity index (χ1) is 31.6. The summed E-state index contributed by atoms with van der Waals surface area (Å²) in [5.74, 6) is 0. The van der Waals surface area contributed by atoms with Gasteiger partial charge in [0.15, 0.2) is 0 Å². The summed E-state index contributed by atoms with van der Waals surface area (Å²) >= 11 is 0. The highest BCUT2D eigenvalue weighted by atomic mass is 16.1. The van der Waals surface area contributed by atoms with Crippen molar-refractivity contribution in [2.75, 3.05) is 4.90 Å². The van der Waals surface area contributed by atoms with Crippen molar-refractivity contribution in [2.45, 2.75) is 0 Å². The normalized spacial score (nSPS) is 11.6. The molecule has 302 valence electrons. The molecule has 0 unspecified atom stereocenters. The van der Waals surface area contributed by atoms with Gasteiger partial charge in [0.2, 0.25) is 0 Å². The van der Waals surface area contributed by atoms with Crippen molar-refractivity contribution < 1.29 is 14.4 Å². The van der Waals surface area contributed by atoms with Gasteiger partial charge < -0.3 is 18.6 Å². The highest BCUT2D eigenvalue weighted by Crippen LogP contribution is 2.40. The maximum absolute atomic E-state index is 11.8. The molecule has 0 radical (unpaired) electrons. The third-order valence-electron chi connectivity index (χ3n) is 12.6. The van der Waals surface area contributed by atoms with Gasteiger partial charge in [-0.1, -0.05) is 54.6 Å². The SMILES string of the molecule is O=Cc1ccc2c(c1)c1ccccc1n2-c1ccc(N(c2ccc(-n3c4ccccc4c4cc(C=O)ccc43)cc2)c2ccc(-n3c4ccccc4c4cc(C=O)ccc43)cc2)cc1. The minimum Gasteiger partial charge on any atom is -0.310 e. The van der Waals surface area contributed by atoms with Gasteiger partial charge in [-0.3, -0.25) is 14.4 Å². The first-order valence-corrected chi connectivity index (χ1v) is 21.2. The average molecular weight is 825 g/mol. The van der Waals surface area contributed by atoms with E-state index in [1.807, 2.05) is 91.0 Å². The highest BCUT2D eigenvalue weighted by molar-refractivity contribution is 6.12. The van der Waals surface area contributed by atoms with Crippen molar-refractivity contribution in [3.63, 3.8) is 0 Å². The van der Waals surface area contributed by atoms with Crippen molar-refractivity contribution in [3.05, 3.63) is 217 Å². The molecule has 3 heterocycles. The lowest BCUT2D eigenvalue weighted by molar-refractivity contribution is 0.111. The van der Waals surface area contributed by atoms with Crippen molar-refractivity contribution in [3.8, 4) is 17.1 Å². The van der Waals surface area contributed by atoms with Crippen LogP contribution in [0.2, 0.25) is 0 Å². The number of fused-ring (bicyclic) bond motifs is 9. The second-order valence-corrected chi connectivity index (χ2v) is 16.1. The fourth-order valence-electron chi connectivity index (χ4n) is 9.73. The van der Waals surface area contributed by atoms with Gasteiger partial charge in [-0.25, -0.2) is 0 Å². The van der Waals surface area contributed by atoms with Gasteiger partial charge in [-0.05, 0) is 146 Å². The summed E-state index contributed by atoms with van der Waals surface area (Å²) in [7, 11) is 0. The first-order valence-electron chi connectivity index (χ1n) is 21.2. The Morgan fingerprint density at radius 2 is 0.547 bits per heavy atom. The maximum atomic E-state index is 11.8. The van der Waals surface area contributed by atoms with Crippen molar-refractivity contribution in [1.82, 2.24) is 13.7 Å². The van der Waals surface area contributed by atoms with Crippen molar-refractivity contribution in [1.29, 1.82) is 0 Å². The number of rotatable bonds is 9. The van der Waals surface area contributed by atoms with E-state index in [-0.39, 0.29) is 0 Å². The first kappa shape index (κ1) is 37.0. The predicted octanol–water partition coefficient (Wildman–Crippen LogP) is 13.9. The molecule has 0 saturated heterocycles. The molecule has 3 aromatic heterocycles. The summed E-state index contributed by atoms with van der Waals surface area (Å²) in [4.78, 5) is 37.6. The van der Waals surface area contributed by atoms with Crippen LogP contribution in [-0.4, -0.2) is 32.6 Å². The summed E-state index contributed by atoms with van der Waals surface area (Å²) < 4.78 is 6.76. The quantitative estimate of drug-likeness (QED) is 0.136. The van der Waals surface area contributed by atoms with Crippen LogP contribution in [0.3, 0.4) is 0 Å². The third-order valence-corrected chi connectivity index (χ3v) is 12.6. The Bertz CT molecular complexity index is 3430. The zero-order valence-electron chi connectivity index (χ0n) is 34.3.